The van der Waals surface area contributed by atoms with Crippen molar-refractivity contribution in [3.8, 4) is 22.0 Å². The molecule has 2 atom stereocenters. The zero-order valence-corrected chi connectivity index (χ0v) is 22.8. The Morgan fingerprint density at radius 3 is 2.44 bits per heavy atom. The van der Waals surface area contributed by atoms with Gasteiger partial charge in [0.05, 0.1) is 17.7 Å². The first-order chi connectivity index (χ1) is 19.6. The SMILES string of the molecule is CN1C2CC1CN(c1ccc(NC(=O)c3csc(-c4c(-c5ccc(F)cc5)ncn4C4CC(F)(F)C4)n3)c(F)c1)C2. The van der Waals surface area contributed by atoms with Crippen LogP contribution in [0.25, 0.3) is 22.0 Å². The van der Waals surface area contributed by atoms with Crippen molar-refractivity contribution in [1.82, 2.24) is 19.4 Å². The lowest BCUT2D eigenvalue weighted by atomic mass is 9.88. The first-order valence-corrected chi connectivity index (χ1v) is 14.3. The Bertz CT molecular complexity index is 1620. The van der Waals surface area contributed by atoms with Crippen molar-refractivity contribution in [3.63, 3.8) is 0 Å². The van der Waals surface area contributed by atoms with Crippen LogP contribution in [0, 0.1) is 11.6 Å². The van der Waals surface area contributed by atoms with Gasteiger partial charge >= 0.3 is 0 Å². The summed E-state index contributed by atoms with van der Waals surface area (Å²) in [6, 6.07) is 11.0. The minimum Gasteiger partial charge on any atom is -0.368 e. The van der Waals surface area contributed by atoms with E-state index in [1.165, 1.54) is 36.3 Å². The highest BCUT2D eigenvalue weighted by Crippen LogP contribution is 2.48. The number of aromatic nitrogens is 3. The van der Waals surface area contributed by atoms with Gasteiger partial charge in [0.25, 0.3) is 11.8 Å². The molecule has 212 valence electrons. The summed E-state index contributed by atoms with van der Waals surface area (Å²) in [5.74, 6) is -4.30. The summed E-state index contributed by atoms with van der Waals surface area (Å²) in [5, 5.41) is 4.53. The maximum absolute atomic E-state index is 15.0. The Morgan fingerprint density at radius 1 is 1.05 bits per heavy atom. The third-order valence-corrected chi connectivity index (χ3v) is 9.29. The molecule has 41 heavy (non-hydrogen) atoms. The lowest BCUT2D eigenvalue weighted by Gasteiger charge is -2.55. The van der Waals surface area contributed by atoms with Gasteiger partial charge in [-0.3, -0.25) is 9.69 Å². The summed E-state index contributed by atoms with van der Waals surface area (Å²) < 4.78 is 57.7. The number of nitrogens with one attached hydrogen (secondary N) is 1. The van der Waals surface area contributed by atoms with E-state index in [4.69, 9.17) is 0 Å². The summed E-state index contributed by atoms with van der Waals surface area (Å²) in [4.78, 5) is 26.5. The molecule has 12 heteroatoms. The van der Waals surface area contributed by atoms with Gasteiger partial charge in [-0.2, -0.15) is 0 Å². The number of fused-ring (bicyclic) bond motifs is 2. The van der Waals surface area contributed by atoms with Gasteiger partial charge in [-0.05, 0) is 55.9 Å². The molecule has 1 N–H and O–H groups in total. The predicted octanol–water partition coefficient (Wildman–Crippen LogP) is 6.07. The largest absolute Gasteiger partial charge is 0.368 e. The molecule has 2 aromatic carbocycles. The van der Waals surface area contributed by atoms with Crippen molar-refractivity contribution in [1.29, 1.82) is 0 Å². The number of hydrogen-bond acceptors (Lipinski definition) is 6. The van der Waals surface area contributed by atoms with E-state index in [2.05, 4.69) is 32.1 Å². The minimum atomic E-state index is -2.75. The molecule has 1 saturated carbocycles. The third-order valence-electron chi connectivity index (χ3n) is 8.44. The van der Waals surface area contributed by atoms with Gasteiger partial charge in [-0.15, -0.1) is 11.3 Å². The molecule has 3 aliphatic heterocycles. The van der Waals surface area contributed by atoms with Crippen LogP contribution in [-0.4, -0.2) is 63.5 Å². The molecule has 4 aromatic rings. The van der Waals surface area contributed by atoms with E-state index < -0.39 is 29.5 Å². The molecular weight excluding hydrogens is 556 g/mol. The fourth-order valence-electron chi connectivity index (χ4n) is 5.98. The Hall–Kier alpha value is -3.77. The number of rotatable bonds is 6. The van der Waals surface area contributed by atoms with Gasteiger partial charge in [0.2, 0.25) is 0 Å². The third kappa shape index (κ3) is 4.68. The van der Waals surface area contributed by atoms with Crippen molar-refractivity contribution in [2.24, 2.45) is 0 Å². The molecule has 7 nitrogen and oxygen atoms in total. The Labute approximate surface area is 237 Å². The van der Waals surface area contributed by atoms with Crippen LogP contribution < -0.4 is 10.2 Å². The van der Waals surface area contributed by atoms with Crippen LogP contribution in [0.3, 0.4) is 0 Å². The molecule has 3 saturated heterocycles. The number of thiazole rings is 1. The van der Waals surface area contributed by atoms with Crippen molar-refractivity contribution in [2.75, 3.05) is 30.4 Å². The monoisotopic (exact) mass is 582 g/mol. The maximum Gasteiger partial charge on any atom is 0.275 e. The molecule has 2 bridgehead atoms. The van der Waals surface area contributed by atoms with Gasteiger partial charge < -0.3 is 14.8 Å². The molecule has 0 radical (unpaired) electrons. The second kappa shape index (κ2) is 9.66. The zero-order valence-electron chi connectivity index (χ0n) is 22.0. The molecule has 2 unspecified atom stereocenters. The van der Waals surface area contributed by atoms with Gasteiger partial charge in [0, 0.05) is 60.7 Å². The molecule has 1 amide bonds. The van der Waals surface area contributed by atoms with E-state index in [9.17, 15) is 18.0 Å². The van der Waals surface area contributed by atoms with Gasteiger partial charge in [-0.25, -0.2) is 27.5 Å². The van der Waals surface area contributed by atoms with Gasteiger partial charge in [0.15, 0.2) is 0 Å². The first-order valence-electron chi connectivity index (χ1n) is 13.4. The van der Waals surface area contributed by atoms with Crippen LogP contribution in [0.2, 0.25) is 0 Å². The van der Waals surface area contributed by atoms with Gasteiger partial charge in [-0.1, -0.05) is 0 Å². The molecule has 2 aromatic heterocycles. The number of anilines is 2. The lowest BCUT2D eigenvalue weighted by molar-refractivity contribution is -0.103. The average Bonchev–Trinajstić information content (AvgIpc) is 3.60. The summed E-state index contributed by atoms with van der Waals surface area (Å²) in [6.45, 7) is 1.68. The summed E-state index contributed by atoms with van der Waals surface area (Å²) in [5.41, 5.74) is 2.40. The number of benzene rings is 2. The standard InChI is InChI=1S/C29H26F4N6OS/c1-37-19-8-20(37)13-38(12-19)18-6-7-23(22(31)9-18)35-27(40)24-14-41-28(36-24)26-25(16-2-4-17(30)5-3-16)34-15-39(26)21-10-29(32,33)11-21/h2-7,9,14-15,19-21H,8,10-13H2,1H3,(H,35,40). The van der Waals surface area contributed by atoms with Gasteiger partial charge in [0.1, 0.15) is 28.0 Å². The Kier molecular flexibility index (Phi) is 6.16. The number of amides is 1. The minimum absolute atomic E-state index is 0.0429. The number of imidazole rings is 1. The fourth-order valence-corrected chi connectivity index (χ4v) is 6.83. The predicted molar refractivity (Wildman–Crippen MR) is 148 cm³/mol. The molecule has 0 spiro atoms. The molecule has 4 fully saturated rings. The van der Waals surface area contributed by atoms with E-state index in [0.29, 0.717) is 34.0 Å². The number of alkyl halides is 2. The van der Waals surface area contributed by atoms with Crippen molar-refractivity contribution in [3.05, 3.63) is 71.5 Å². The lowest BCUT2D eigenvalue weighted by Crippen LogP contribution is -2.67. The number of hydrogen-bond donors (Lipinski definition) is 1. The van der Waals surface area contributed by atoms with Crippen molar-refractivity contribution < 1.29 is 22.4 Å². The van der Waals surface area contributed by atoms with E-state index >= 15 is 4.39 Å². The Balaban J connectivity index is 1.13. The second-order valence-corrected chi connectivity index (χ2v) is 11.9. The van der Waals surface area contributed by atoms with E-state index in [-0.39, 0.29) is 24.2 Å². The smallest absolute Gasteiger partial charge is 0.275 e. The van der Waals surface area contributed by atoms with E-state index in [0.717, 1.165) is 30.1 Å². The van der Waals surface area contributed by atoms with Crippen LogP contribution in [0.15, 0.2) is 54.2 Å². The summed E-state index contributed by atoms with van der Waals surface area (Å²) >= 11 is 1.16. The van der Waals surface area contributed by atoms with Crippen molar-refractivity contribution in [2.45, 2.75) is 43.3 Å². The number of piperidine rings is 1. The van der Waals surface area contributed by atoms with Crippen LogP contribution in [0.4, 0.5) is 28.9 Å². The number of halogens is 4. The number of carbonyl (C=O) groups excluding carboxylic acids is 1. The second-order valence-electron chi connectivity index (χ2n) is 11.0. The molecular formula is C29H26F4N6OS. The topological polar surface area (TPSA) is 66.3 Å². The first kappa shape index (κ1) is 26.1. The van der Waals surface area contributed by atoms with E-state index in [1.54, 1.807) is 28.8 Å². The Morgan fingerprint density at radius 2 is 1.78 bits per heavy atom. The van der Waals surface area contributed by atoms with Crippen LogP contribution >= 0.6 is 11.3 Å². The maximum atomic E-state index is 15.0. The molecule has 4 aliphatic rings. The molecule has 8 rings (SSSR count). The number of carbonyl (C=O) groups is 1. The number of piperazine rings is 1. The van der Waals surface area contributed by atoms with Crippen LogP contribution in [0.1, 0.15) is 35.8 Å². The highest BCUT2D eigenvalue weighted by molar-refractivity contribution is 7.13. The molecule has 1 aliphatic carbocycles. The fraction of sp³-hybridized carbons (Fsp3) is 0.345. The summed E-state index contributed by atoms with van der Waals surface area (Å²) in [6.07, 6.45) is 1.99. The summed E-state index contributed by atoms with van der Waals surface area (Å²) in [7, 11) is 2.11. The highest BCUT2D eigenvalue weighted by atomic mass is 32.1. The number of likely N-dealkylation sites (N-methyl/N-ethyl adjacent to an activating group) is 1. The zero-order chi connectivity index (χ0) is 28.5. The highest BCUT2D eigenvalue weighted by Gasteiger charge is 2.47. The van der Waals surface area contributed by atoms with Crippen molar-refractivity contribution >= 4 is 28.6 Å². The van der Waals surface area contributed by atoms with Crippen LogP contribution in [-0.2, 0) is 0 Å². The quantitative estimate of drug-likeness (QED) is 0.280. The number of nitrogens with zero attached hydrogens (tertiary/aromatic N) is 5. The normalized spacial score (nSPS) is 21.8. The molecule has 5 heterocycles. The average molecular weight is 583 g/mol. The van der Waals surface area contributed by atoms with Crippen LogP contribution in [0.5, 0.6) is 0 Å². The van der Waals surface area contributed by atoms with E-state index in [1.807, 2.05) is 0 Å².